The molecule has 0 heterocycles. The number of aryl methyl sites for hydroxylation is 1. The van der Waals surface area contributed by atoms with Gasteiger partial charge in [0.05, 0.1) is 10.2 Å². The molecule has 0 atom stereocenters. The molecule has 6 heteroatoms. The molecule has 2 aromatic carbocycles. The quantitative estimate of drug-likeness (QED) is 0.503. The topological polar surface area (TPSA) is 50.7 Å². The third-order valence-electron chi connectivity index (χ3n) is 3.30. The summed E-state index contributed by atoms with van der Waals surface area (Å²) in [4.78, 5) is 12.0. The molecule has 2 aromatic rings. The molecule has 0 aromatic heterocycles. The molecule has 0 spiro atoms. The van der Waals surface area contributed by atoms with Gasteiger partial charge >= 0.3 is 0 Å². The van der Waals surface area contributed by atoms with Gasteiger partial charge in [0, 0.05) is 4.47 Å². The van der Waals surface area contributed by atoms with Crippen LogP contribution in [0.4, 0.5) is 0 Å². The van der Waals surface area contributed by atoms with Crippen molar-refractivity contribution in [1.82, 2.24) is 5.43 Å². The number of carbonyl (C=O) groups excluding carboxylic acids is 1. The van der Waals surface area contributed by atoms with E-state index in [1.807, 2.05) is 56.3 Å². The van der Waals surface area contributed by atoms with Crippen LogP contribution in [0.2, 0.25) is 0 Å². The second-order valence-electron chi connectivity index (χ2n) is 5.14. The number of ether oxygens (including phenoxy) is 1. The van der Waals surface area contributed by atoms with E-state index in [1.54, 1.807) is 0 Å². The van der Waals surface area contributed by atoms with E-state index in [-0.39, 0.29) is 12.5 Å². The van der Waals surface area contributed by atoms with Crippen molar-refractivity contribution >= 4 is 43.5 Å². The van der Waals surface area contributed by atoms with Crippen LogP contribution >= 0.6 is 31.9 Å². The van der Waals surface area contributed by atoms with Gasteiger partial charge in [-0.1, -0.05) is 53.2 Å². The first kappa shape index (κ1) is 18.7. The van der Waals surface area contributed by atoms with E-state index in [4.69, 9.17) is 4.74 Å². The Bertz CT molecular complexity index is 723. The smallest absolute Gasteiger partial charge is 0.277 e. The predicted molar refractivity (Wildman–Crippen MR) is 103 cm³/mol. The number of halogens is 2. The average Bonchev–Trinajstić information content (AvgIpc) is 2.55. The lowest BCUT2D eigenvalue weighted by molar-refractivity contribution is -0.123. The number of hydrazone groups is 1. The number of nitrogens with one attached hydrogen (secondary N) is 1. The minimum absolute atomic E-state index is 0.101. The second kappa shape index (κ2) is 8.99. The first-order valence-electron chi connectivity index (χ1n) is 7.50. The normalized spacial score (nSPS) is 11.2. The van der Waals surface area contributed by atoms with Crippen LogP contribution in [0.1, 0.15) is 24.5 Å². The molecule has 4 nitrogen and oxygen atoms in total. The Morgan fingerprint density at radius 3 is 2.54 bits per heavy atom. The molecule has 2 rings (SSSR count). The molecule has 0 saturated heterocycles. The largest absolute Gasteiger partial charge is 0.482 e. The summed E-state index contributed by atoms with van der Waals surface area (Å²) >= 11 is 6.85. The number of benzene rings is 2. The first-order valence-corrected chi connectivity index (χ1v) is 9.09. The van der Waals surface area contributed by atoms with Crippen LogP contribution in [-0.4, -0.2) is 18.2 Å². The predicted octanol–water partition coefficient (Wildman–Crippen LogP) is 4.83. The summed E-state index contributed by atoms with van der Waals surface area (Å²) in [6, 6.07) is 13.6. The number of hydrogen-bond donors (Lipinski definition) is 1. The van der Waals surface area contributed by atoms with Crippen molar-refractivity contribution in [1.29, 1.82) is 0 Å². The molecular weight excluding hydrogens is 436 g/mol. The molecule has 0 unspecified atom stereocenters. The van der Waals surface area contributed by atoms with Crippen molar-refractivity contribution in [3.63, 3.8) is 0 Å². The maximum atomic E-state index is 12.0. The molecule has 0 aliphatic carbocycles. The van der Waals surface area contributed by atoms with Gasteiger partial charge in [-0.25, -0.2) is 5.43 Å². The van der Waals surface area contributed by atoms with Crippen LogP contribution < -0.4 is 10.2 Å². The van der Waals surface area contributed by atoms with Gasteiger partial charge < -0.3 is 4.74 Å². The van der Waals surface area contributed by atoms with Crippen molar-refractivity contribution in [3.05, 3.63) is 62.5 Å². The number of amides is 1. The second-order valence-corrected chi connectivity index (χ2v) is 6.91. The van der Waals surface area contributed by atoms with Crippen LogP contribution in [-0.2, 0) is 4.79 Å². The first-order chi connectivity index (χ1) is 11.5. The minimum Gasteiger partial charge on any atom is -0.482 e. The zero-order valence-corrected chi connectivity index (χ0v) is 16.6. The molecule has 1 amide bonds. The van der Waals surface area contributed by atoms with Crippen LogP contribution in [0.15, 0.2) is 56.5 Å². The van der Waals surface area contributed by atoms with Crippen molar-refractivity contribution in [2.75, 3.05) is 6.61 Å². The fourth-order valence-corrected chi connectivity index (χ4v) is 3.70. The van der Waals surface area contributed by atoms with Gasteiger partial charge in [-0.3, -0.25) is 4.79 Å². The Hall–Kier alpha value is -1.66. The molecule has 0 radical (unpaired) electrons. The molecule has 0 aliphatic heterocycles. The van der Waals surface area contributed by atoms with Crippen molar-refractivity contribution in [3.8, 4) is 5.75 Å². The molecule has 0 aliphatic rings. The van der Waals surface area contributed by atoms with E-state index in [9.17, 15) is 4.79 Å². The average molecular weight is 454 g/mol. The van der Waals surface area contributed by atoms with Gasteiger partial charge in [0.2, 0.25) is 0 Å². The molecular formula is C18H18Br2N2O2. The number of nitrogens with zero attached hydrogens (tertiary/aromatic N) is 1. The SMILES string of the molecule is CC/C(=N\NC(=O)COc1c(C)cc(Br)cc1Br)c1ccccc1. The maximum Gasteiger partial charge on any atom is 0.277 e. The van der Waals surface area contributed by atoms with Gasteiger partial charge in [0.25, 0.3) is 5.91 Å². The molecule has 0 saturated carbocycles. The Kier molecular flexibility index (Phi) is 6.99. The summed E-state index contributed by atoms with van der Waals surface area (Å²) in [7, 11) is 0. The highest BCUT2D eigenvalue weighted by Gasteiger charge is 2.10. The fraction of sp³-hybridized carbons (Fsp3) is 0.222. The van der Waals surface area contributed by atoms with E-state index in [2.05, 4.69) is 42.4 Å². The van der Waals surface area contributed by atoms with Crippen LogP contribution in [0.25, 0.3) is 0 Å². The highest BCUT2D eigenvalue weighted by Crippen LogP contribution is 2.32. The Balaban J connectivity index is 1.97. The summed E-state index contributed by atoms with van der Waals surface area (Å²) in [6.07, 6.45) is 0.725. The molecule has 24 heavy (non-hydrogen) atoms. The molecule has 0 bridgehead atoms. The summed E-state index contributed by atoms with van der Waals surface area (Å²) in [5, 5.41) is 4.20. The highest BCUT2D eigenvalue weighted by atomic mass is 79.9. The van der Waals surface area contributed by atoms with Crippen LogP contribution in [0.3, 0.4) is 0 Å². The van der Waals surface area contributed by atoms with Gasteiger partial charge in [0.1, 0.15) is 5.75 Å². The standard InChI is InChI=1S/C18H18Br2N2O2/c1-3-16(13-7-5-4-6-8-13)21-22-17(23)11-24-18-12(2)9-14(19)10-15(18)20/h4-10H,3,11H2,1-2H3,(H,22,23)/b21-16+. The van der Waals surface area contributed by atoms with Crippen molar-refractivity contribution < 1.29 is 9.53 Å². The number of carbonyl (C=O) groups is 1. The van der Waals surface area contributed by atoms with Gasteiger partial charge in [-0.05, 0) is 52.5 Å². The Morgan fingerprint density at radius 1 is 1.21 bits per heavy atom. The van der Waals surface area contributed by atoms with Crippen molar-refractivity contribution in [2.45, 2.75) is 20.3 Å². The molecule has 1 N–H and O–H groups in total. The summed E-state index contributed by atoms with van der Waals surface area (Å²) in [5.74, 6) is 0.349. The zero-order valence-electron chi connectivity index (χ0n) is 13.5. The van der Waals surface area contributed by atoms with E-state index in [0.717, 1.165) is 32.2 Å². The highest BCUT2D eigenvalue weighted by molar-refractivity contribution is 9.11. The molecule has 0 fully saturated rings. The summed E-state index contributed by atoms with van der Waals surface area (Å²) in [5.41, 5.74) is 5.31. The third kappa shape index (κ3) is 5.18. The van der Waals surface area contributed by atoms with E-state index < -0.39 is 0 Å². The van der Waals surface area contributed by atoms with Crippen LogP contribution in [0.5, 0.6) is 5.75 Å². The van der Waals surface area contributed by atoms with E-state index in [1.165, 1.54) is 0 Å². The van der Waals surface area contributed by atoms with E-state index in [0.29, 0.717) is 5.75 Å². The Labute approximate surface area is 158 Å². The van der Waals surface area contributed by atoms with Gasteiger partial charge in [-0.2, -0.15) is 5.10 Å². The lowest BCUT2D eigenvalue weighted by Gasteiger charge is -2.11. The fourth-order valence-electron chi connectivity index (χ4n) is 2.15. The minimum atomic E-state index is -0.300. The summed E-state index contributed by atoms with van der Waals surface area (Å²) in [6.45, 7) is 3.82. The zero-order chi connectivity index (χ0) is 17.5. The number of hydrogen-bond acceptors (Lipinski definition) is 3. The van der Waals surface area contributed by atoms with Gasteiger partial charge in [-0.15, -0.1) is 0 Å². The molecule has 126 valence electrons. The summed E-state index contributed by atoms with van der Waals surface area (Å²) < 4.78 is 7.35. The Morgan fingerprint density at radius 2 is 1.92 bits per heavy atom. The maximum absolute atomic E-state index is 12.0. The monoisotopic (exact) mass is 452 g/mol. The lowest BCUT2D eigenvalue weighted by Crippen LogP contribution is -2.26. The van der Waals surface area contributed by atoms with Gasteiger partial charge in [0.15, 0.2) is 6.61 Å². The third-order valence-corrected chi connectivity index (χ3v) is 4.35. The van der Waals surface area contributed by atoms with Crippen molar-refractivity contribution in [2.24, 2.45) is 5.10 Å². The van der Waals surface area contributed by atoms with Crippen LogP contribution in [0, 0.1) is 6.92 Å². The number of rotatable bonds is 6. The lowest BCUT2D eigenvalue weighted by atomic mass is 10.1. The van der Waals surface area contributed by atoms with E-state index >= 15 is 0 Å².